The predicted octanol–water partition coefficient (Wildman–Crippen LogP) is 2.93. The van der Waals surface area contributed by atoms with Gasteiger partial charge in [-0.2, -0.15) is 4.98 Å². The van der Waals surface area contributed by atoms with Crippen molar-refractivity contribution in [3.05, 3.63) is 46.1 Å². The van der Waals surface area contributed by atoms with Gasteiger partial charge in [0, 0.05) is 7.05 Å². The molecule has 4 aromatic rings. The minimum atomic E-state index is -0.0550. The fraction of sp³-hybridized carbons (Fsp3) is 0.143. The fourth-order valence-electron chi connectivity index (χ4n) is 2.05. The van der Waals surface area contributed by atoms with Crippen LogP contribution in [0.1, 0.15) is 5.89 Å². The van der Waals surface area contributed by atoms with Crippen LogP contribution in [0, 0.1) is 0 Å². The molecule has 4 aromatic heterocycles. The van der Waals surface area contributed by atoms with Gasteiger partial charge in [-0.15, -0.1) is 11.3 Å². The highest BCUT2D eigenvalue weighted by atomic mass is 32.2. The molecule has 0 aliphatic heterocycles. The number of nitrogens with zero attached hydrogens (tertiary/aromatic N) is 4. The number of thioether (sulfide) groups is 1. The fourth-order valence-corrected chi connectivity index (χ4v) is 3.67. The normalized spacial score (nSPS) is 11.3. The van der Waals surface area contributed by atoms with Crippen molar-refractivity contribution >= 4 is 33.3 Å². The van der Waals surface area contributed by atoms with Crippen LogP contribution in [0.4, 0.5) is 0 Å². The number of rotatable bonds is 4. The van der Waals surface area contributed by atoms with Gasteiger partial charge in [0.15, 0.2) is 10.9 Å². The largest absolute Gasteiger partial charge is 0.461 e. The second-order valence-corrected chi connectivity index (χ2v) is 6.51. The Morgan fingerprint density at radius 3 is 3.09 bits per heavy atom. The van der Waals surface area contributed by atoms with E-state index in [-0.39, 0.29) is 5.56 Å². The predicted molar refractivity (Wildman–Crippen MR) is 86.4 cm³/mol. The molecule has 0 saturated carbocycles. The molecule has 0 fully saturated rings. The average molecular weight is 346 g/mol. The summed E-state index contributed by atoms with van der Waals surface area (Å²) in [7, 11) is 1.71. The van der Waals surface area contributed by atoms with Gasteiger partial charge in [-0.1, -0.05) is 16.9 Å². The maximum absolute atomic E-state index is 12.2. The van der Waals surface area contributed by atoms with Gasteiger partial charge in [0.25, 0.3) is 5.56 Å². The summed E-state index contributed by atoms with van der Waals surface area (Å²) in [5.74, 6) is 1.82. The standard InChI is InChI=1S/C14H10N4O3S2/c1-18-13(19)8-4-6-22-12(8)16-14(18)23-7-10-15-11(17-21-10)9-3-2-5-20-9/h2-6H,7H2,1H3. The molecule has 0 radical (unpaired) electrons. The molecular weight excluding hydrogens is 336 g/mol. The highest BCUT2D eigenvalue weighted by Gasteiger charge is 2.14. The second-order valence-electron chi connectivity index (χ2n) is 4.68. The van der Waals surface area contributed by atoms with Gasteiger partial charge in [-0.05, 0) is 23.6 Å². The number of hydrogen-bond acceptors (Lipinski definition) is 8. The van der Waals surface area contributed by atoms with Crippen LogP contribution in [0.2, 0.25) is 0 Å². The Balaban J connectivity index is 1.57. The van der Waals surface area contributed by atoms with Gasteiger partial charge in [-0.25, -0.2) is 4.98 Å². The zero-order valence-electron chi connectivity index (χ0n) is 11.9. The topological polar surface area (TPSA) is 86.9 Å². The monoisotopic (exact) mass is 346 g/mol. The maximum atomic E-state index is 12.2. The van der Waals surface area contributed by atoms with E-state index in [1.54, 1.807) is 31.5 Å². The summed E-state index contributed by atoms with van der Waals surface area (Å²) in [4.78, 5) is 21.7. The van der Waals surface area contributed by atoms with Gasteiger partial charge in [0.1, 0.15) is 4.83 Å². The Bertz CT molecular complexity index is 1020. The first-order valence-corrected chi connectivity index (χ1v) is 8.52. The third kappa shape index (κ3) is 2.57. The number of hydrogen-bond donors (Lipinski definition) is 0. The van der Waals surface area contributed by atoms with E-state index in [9.17, 15) is 4.79 Å². The van der Waals surface area contributed by atoms with Crippen LogP contribution in [0.5, 0.6) is 0 Å². The third-order valence-electron chi connectivity index (χ3n) is 3.20. The molecule has 0 spiro atoms. The van der Waals surface area contributed by atoms with Crippen molar-refractivity contribution in [1.29, 1.82) is 0 Å². The lowest BCUT2D eigenvalue weighted by molar-refractivity contribution is 0.390. The van der Waals surface area contributed by atoms with Gasteiger partial charge in [-0.3, -0.25) is 9.36 Å². The van der Waals surface area contributed by atoms with Crippen LogP contribution in [-0.4, -0.2) is 19.7 Å². The Kier molecular flexibility index (Phi) is 3.50. The molecule has 7 nitrogen and oxygen atoms in total. The number of thiophene rings is 1. The molecule has 0 aliphatic rings. The first-order chi connectivity index (χ1) is 11.2. The molecule has 0 aromatic carbocycles. The lowest BCUT2D eigenvalue weighted by Gasteiger charge is -2.05. The molecule has 23 heavy (non-hydrogen) atoms. The van der Waals surface area contributed by atoms with Crippen molar-refractivity contribution in [3.63, 3.8) is 0 Å². The number of fused-ring (bicyclic) bond motifs is 1. The van der Waals surface area contributed by atoms with Gasteiger partial charge >= 0.3 is 0 Å². The molecule has 0 saturated heterocycles. The molecule has 0 amide bonds. The zero-order chi connectivity index (χ0) is 15.8. The molecule has 0 bridgehead atoms. The van der Waals surface area contributed by atoms with Gasteiger partial charge in [0.2, 0.25) is 11.7 Å². The number of aromatic nitrogens is 4. The molecule has 4 heterocycles. The lowest BCUT2D eigenvalue weighted by Crippen LogP contribution is -2.19. The number of furan rings is 1. The van der Waals surface area contributed by atoms with Gasteiger partial charge in [0.05, 0.1) is 17.4 Å². The van der Waals surface area contributed by atoms with Crippen LogP contribution in [0.25, 0.3) is 21.8 Å². The highest BCUT2D eigenvalue weighted by Crippen LogP contribution is 2.24. The first kappa shape index (κ1) is 14.2. The molecule has 116 valence electrons. The summed E-state index contributed by atoms with van der Waals surface area (Å²) >= 11 is 2.82. The Morgan fingerprint density at radius 1 is 1.35 bits per heavy atom. The molecule has 9 heteroatoms. The summed E-state index contributed by atoms with van der Waals surface area (Å²) in [5.41, 5.74) is -0.0550. The van der Waals surface area contributed by atoms with Crippen LogP contribution in [-0.2, 0) is 12.8 Å². The van der Waals surface area contributed by atoms with Crippen molar-refractivity contribution < 1.29 is 8.94 Å². The second kappa shape index (κ2) is 5.67. The minimum Gasteiger partial charge on any atom is -0.461 e. The third-order valence-corrected chi connectivity index (χ3v) is 5.02. The highest BCUT2D eigenvalue weighted by molar-refractivity contribution is 7.98. The van der Waals surface area contributed by atoms with Crippen molar-refractivity contribution in [2.75, 3.05) is 0 Å². The smallest absolute Gasteiger partial charge is 0.262 e. The van der Waals surface area contributed by atoms with Crippen molar-refractivity contribution in [2.24, 2.45) is 7.05 Å². The van der Waals surface area contributed by atoms with E-state index in [0.29, 0.717) is 33.8 Å². The Labute approximate surface area is 138 Å². The van der Waals surface area contributed by atoms with Crippen LogP contribution in [0.15, 0.2) is 48.7 Å². The van der Waals surface area contributed by atoms with E-state index in [1.807, 2.05) is 5.38 Å². The summed E-state index contributed by atoms with van der Waals surface area (Å²) < 4.78 is 12.0. The molecule has 0 atom stereocenters. The Hall–Kier alpha value is -2.39. The van der Waals surface area contributed by atoms with Crippen molar-refractivity contribution in [3.8, 4) is 11.6 Å². The van der Waals surface area contributed by atoms with Crippen LogP contribution >= 0.6 is 23.1 Å². The quantitative estimate of drug-likeness (QED) is 0.415. The minimum absolute atomic E-state index is 0.0550. The van der Waals surface area contributed by atoms with E-state index in [2.05, 4.69) is 15.1 Å². The first-order valence-electron chi connectivity index (χ1n) is 6.66. The summed E-state index contributed by atoms with van der Waals surface area (Å²) in [5, 5.41) is 6.99. The molecule has 0 unspecified atom stereocenters. The SMILES string of the molecule is Cn1c(SCc2nc(-c3ccco3)no2)nc2sccc2c1=O. The lowest BCUT2D eigenvalue weighted by atomic mass is 10.4. The van der Waals surface area contributed by atoms with E-state index in [4.69, 9.17) is 8.94 Å². The summed E-state index contributed by atoms with van der Waals surface area (Å²) in [6.45, 7) is 0. The Morgan fingerprint density at radius 2 is 2.26 bits per heavy atom. The zero-order valence-corrected chi connectivity index (χ0v) is 13.6. The van der Waals surface area contributed by atoms with Crippen molar-refractivity contribution in [1.82, 2.24) is 19.7 Å². The van der Waals surface area contributed by atoms with Gasteiger partial charge < -0.3 is 8.94 Å². The molecular formula is C14H10N4O3S2. The summed E-state index contributed by atoms with van der Waals surface area (Å²) in [6.07, 6.45) is 1.55. The molecule has 0 aliphatic carbocycles. The van der Waals surface area contributed by atoms with Crippen LogP contribution < -0.4 is 5.56 Å². The summed E-state index contributed by atoms with van der Waals surface area (Å²) in [6, 6.07) is 5.31. The average Bonchev–Trinajstić information content (AvgIpc) is 3.29. The van der Waals surface area contributed by atoms with Crippen molar-refractivity contribution in [2.45, 2.75) is 10.9 Å². The molecule has 0 N–H and O–H groups in total. The van der Waals surface area contributed by atoms with E-state index < -0.39 is 0 Å². The van der Waals surface area contributed by atoms with E-state index in [0.717, 1.165) is 4.83 Å². The van der Waals surface area contributed by atoms with Crippen LogP contribution in [0.3, 0.4) is 0 Å². The van der Waals surface area contributed by atoms with E-state index in [1.165, 1.54) is 27.7 Å². The van der Waals surface area contributed by atoms with E-state index >= 15 is 0 Å². The maximum Gasteiger partial charge on any atom is 0.262 e. The molecule has 4 rings (SSSR count).